The lowest BCUT2D eigenvalue weighted by Crippen LogP contribution is -2.17. The third kappa shape index (κ3) is 11.9. The fourth-order valence-electron chi connectivity index (χ4n) is 1.18. The zero-order valence-electron chi connectivity index (χ0n) is 10.0. The zero-order valence-corrected chi connectivity index (χ0v) is 10.0. The quantitative estimate of drug-likeness (QED) is 0.693. The van der Waals surface area contributed by atoms with Crippen LogP contribution in [0.5, 0.6) is 0 Å². The van der Waals surface area contributed by atoms with Crippen LogP contribution < -0.4 is 0 Å². The first-order valence-corrected chi connectivity index (χ1v) is 5.46. The van der Waals surface area contributed by atoms with Crippen LogP contribution in [0.15, 0.2) is 0 Å². The van der Waals surface area contributed by atoms with Crippen molar-refractivity contribution in [2.75, 3.05) is 27.2 Å². The molecular weight excluding hydrogens is 162 g/mol. The Morgan fingerprint density at radius 3 is 2.00 bits per heavy atom. The summed E-state index contributed by atoms with van der Waals surface area (Å²) >= 11 is 0. The van der Waals surface area contributed by atoms with Gasteiger partial charge < -0.3 is 10.0 Å². The number of rotatable bonds is 6. The molecule has 13 heavy (non-hydrogen) atoms. The second kappa shape index (κ2) is 11.9. The Balaban J connectivity index is 0. The predicted molar refractivity (Wildman–Crippen MR) is 60.0 cm³/mol. The van der Waals surface area contributed by atoms with E-state index in [1.807, 2.05) is 13.8 Å². The minimum Gasteiger partial charge on any atom is -0.396 e. The first-order valence-electron chi connectivity index (χ1n) is 5.46. The van der Waals surface area contributed by atoms with Gasteiger partial charge in [0.05, 0.1) is 0 Å². The van der Waals surface area contributed by atoms with Crippen LogP contribution in [-0.4, -0.2) is 37.3 Å². The fourth-order valence-corrected chi connectivity index (χ4v) is 1.18. The number of hydrogen-bond donors (Lipinski definition) is 1. The Kier molecular flexibility index (Phi) is 14.1. The van der Waals surface area contributed by atoms with Gasteiger partial charge in [0, 0.05) is 6.61 Å². The highest BCUT2D eigenvalue weighted by molar-refractivity contribution is 4.58. The minimum absolute atomic E-state index is 0.339. The highest BCUT2D eigenvalue weighted by atomic mass is 16.3. The standard InChI is InChI=1S/C9H21NO.C2H6/c1-4-9(6-8-11)5-7-10(2)3;1-2/h9,11H,4-8H2,1-3H3;1-2H3. The Bertz CT molecular complexity index is 84.2. The first kappa shape index (κ1) is 15.4. The van der Waals surface area contributed by atoms with E-state index in [0.717, 1.165) is 13.0 Å². The molecule has 1 unspecified atom stereocenters. The third-order valence-electron chi connectivity index (χ3n) is 2.10. The van der Waals surface area contributed by atoms with E-state index in [1.54, 1.807) is 0 Å². The lowest BCUT2D eigenvalue weighted by molar-refractivity contribution is 0.238. The predicted octanol–water partition coefficient (Wildman–Crippen LogP) is 2.37. The zero-order chi connectivity index (χ0) is 10.7. The summed E-state index contributed by atoms with van der Waals surface area (Å²) in [6, 6.07) is 0. The fraction of sp³-hybridized carbons (Fsp3) is 1.00. The van der Waals surface area contributed by atoms with E-state index in [2.05, 4.69) is 25.9 Å². The van der Waals surface area contributed by atoms with Crippen LogP contribution in [0.4, 0.5) is 0 Å². The highest BCUT2D eigenvalue weighted by Crippen LogP contribution is 2.12. The van der Waals surface area contributed by atoms with E-state index in [1.165, 1.54) is 12.8 Å². The third-order valence-corrected chi connectivity index (χ3v) is 2.10. The summed E-state index contributed by atoms with van der Waals surface area (Å²) < 4.78 is 0. The molecule has 0 saturated carbocycles. The highest BCUT2D eigenvalue weighted by Gasteiger charge is 2.04. The van der Waals surface area contributed by atoms with Crippen molar-refractivity contribution >= 4 is 0 Å². The molecule has 0 bridgehead atoms. The smallest absolute Gasteiger partial charge is 0.0433 e. The molecule has 2 heteroatoms. The maximum Gasteiger partial charge on any atom is 0.0433 e. The summed E-state index contributed by atoms with van der Waals surface area (Å²) in [5.41, 5.74) is 0. The number of aliphatic hydroxyl groups excluding tert-OH is 1. The van der Waals surface area contributed by atoms with Crippen LogP contribution in [-0.2, 0) is 0 Å². The minimum atomic E-state index is 0.339. The molecule has 0 aromatic heterocycles. The van der Waals surface area contributed by atoms with Gasteiger partial charge in [-0.25, -0.2) is 0 Å². The Morgan fingerprint density at radius 1 is 1.15 bits per heavy atom. The molecule has 0 saturated heterocycles. The van der Waals surface area contributed by atoms with E-state index in [9.17, 15) is 0 Å². The van der Waals surface area contributed by atoms with Gasteiger partial charge in [-0.15, -0.1) is 0 Å². The summed E-state index contributed by atoms with van der Waals surface area (Å²) in [5.74, 6) is 0.711. The van der Waals surface area contributed by atoms with Gasteiger partial charge in [0.15, 0.2) is 0 Å². The van der Waals surface area contributed by atoms with Crippen molar-refractivity contribution in [2.24, 2.45) is 5.92 Å². The molecule has 0 aliphatic rings. The lowest BCUT2D eigenvalue weighted by atomic mass is 9.99. The van der Waals surface area contributed by atoms with E-state index in [-0.39, 0.29) is 0 Å². The van der Waals surface area contributed by atoms with Crippen LogP contribution >= 0.6 is 0 Å². The monoisotopic (exact) mass is 189 g/mol. The average Bonchev–Trinajstić information content (AvgIpc) is 2.15. The molecule has 0 fully saturated rings. The first-order chi connectivity index (χ1) is 6.20. The maximum absolute atomic E-state index is 8.72. The molecule has 1 N–H and O–H groups in total. The number of aliphatic hydroxyl groups is 1. The van der Waals surface area contributed by atoms with Crippen LogP contribution in [0.2, 0.25) is 0 Å². The van der Waals surface area contributed by atoms with Crippen molar-refractivity contribution in [1.82, 2.24) is 4.90 Å². The molecule has 0 heterocycles. The van der Waals surface area contributed by atoms with Crippen molar-refractivity contribution in [2.45, 2.75) is 40.0 Å². The van der Waals surface area contributed by atoms with Crippen LogP contribution in [0.1, 0.15) is 40.0 Å². The Hall–Kier alpha value is -0.0800. The molecule has 0 radical (unpaired) electrons. The van der Waals surface area contributed by atoms with Crippen molar-refractivity contribution in [3.63, 3.8) is 0 Å². The van der Waals surface area contributed by atoms with Gasteiger partial charge in [0.25, 0.3) is 0 Å². The Morgan fingerprint density at radius 2 is 1.69 bits per heavy atom. The normalized spacial score (nSPS) is 12.2. The lowest BCUT2D eigenvalue weighted by Gasteiger charge is -2.16. The van der Waals surface area contributed by atoms with E-state index < -0.39 is 0 Å². The number of hydrogen-bond acceptors (Lipinski definition) is 2. The Labute approximate surface area is 83.9 Å². The summed E-state index contributed by atoms with van der Waals surface area (Å²) in [4.78, 5) is 2.19. The van der Waals surface area contributed by atoms with Gasteiger partial charge in [-0.2, -0.15) is 0 Å². The second-order valence-corrected chi connectivity index (χ2v) is 3.38. The molecule has 82 valence electrons. The van der Waals surface area contributed by atoms with Gasteiger partial charge in [-0.1, -0.05) is 27.2 Å². The molecule has 0 aromatic carbocycles. The molecule has 0 spiro atoms. The summed E-state index contributed by atoms with van der Waals surface area (Å²) in [6.45, 7) is 7.67. The van der Waals surface area contributed by atoms with Gasteiger partial charge in [0.2, 0.25) is 0 Å². The van der Waals surface area contributed by atoms with E-state index in [0.29, 0.717) is 12.5 Å². The molecule has 0 rings (SSSR count). The van der Waals surface area contributed by atoms with Crippen molar-refractivity contribution in [1.29, 1.82) is 0 Å². The maximum atomic E-state index is 8.72. The molecule has 0 amide bonds. The number of nitrogens with zero attached hydrogens (tertiary/aromatic N) is 1. The molecule has 0 aliphatic carbocycles. The molecule has 1 atom stereocenters. The molecule has 0 aliphatic heterocycles. The molecule has 2 nitrogen and oxygen atoms in total. The van der Waals surface area contributed by atoms with Crippen molar-refractivity contribution < 1.29 is 5.11 Å². The van der Waals surface area contributed by atoms with Crippen molar-refractivity contribution in [3.8, 4) is 0 Å². The largest absolute Gasteiger partial charge is 0.396 e. The van der Waals surface area contributed by atoms with Gasteiger partial charge in [-0.3, -0.25) is 0 Å². The molecular formula is C11H27NO. The summed E-state index contributed by atoms with van der Waals surface area (Å²) in [6.07, 6.45) is 3.36. The topological polar surface area (TPSA) is 23.5 Å². The van der Waals surface area contributed by atoms with Crippen LogP contribution in [0, 0.1) is 5.92 Å². The van der Waals surface area contributed by atoms with Gasteiger partial charge in [0.1, 0.15) is 0 Å². The van der Waals surface area contributed by atoms with Crippen LogP contribution in [0.25, 0.3) is 0 Å². The van der Waals surface area contributed by atoms with Gasteiger partial charge >= 0.3 is 0 Å². The summed E-state index contributed by atoms with van der Waals surface area (Å²) in [7, 11) is 4.18. The second-order valence-electron chi connectivity index (χ2n) is 3.38. The van der Waals surface area contributed by atoms with E-state index >= 15 is 0 Å². The van der Waals surface area contributed by atoms with E-state index in [4.69, 9.17) is 5.11 Å². The molecule has 0 aromatic rings. The average molecular weight is 189 g/mol. The summed E-state index contributed by atoms with van der Waals surface area (Å²) in [5, 5.41) is 8.72. The van der Waals surface area contributed by atoms with Gasteiger partial charge in [-0.05, 0) is 39.4 Å². The van der Waals surface area contributed by atoms with Crippen molar-refractivity contribution in [3.05, 3.63) is 0 Å². The SMILES string of the molecule is CC.CCC(CCO)CCN(C)C. The van der Waals surface area contributed by atoms with Crippen LogP contribution in [0.3, 0.4) is 0 Å².